The van der Waals surface area contributed by atoms with Crippen molar-refractivity contribution in [2.75, 3.05) is 11.6 Å². The second-order valence-electron chi connectivity index (χ2n) is 4.79. The molecule has 0 aromatic heterocycles. The lowest BCUT2D eigenvalue weighted by Crippen LogP contribution is -2.40. The molecule has 8 heteroatoms. The highest BCUT2D eigenvalue weighted by atomic mass is 19.4. The Morgan fingerprint density at radius 3 is 2.78 bits per heavy atom. The van der Waals surface area contributed by atoms with E-state index >= 15 is 0 Å². The van der Waals surface area contributed by atoms with Gasteiger partial charge in [0.05, 0.1) is 23.5 Å². The first-order valence-corrected chi connectivity index (χ1v) is 6.53. The molecule has 1 atom stereocenters. The Hall–Kier alpha value is -2.82. The van der Waals surface area contributed by atoms with Gasteiger partial charge in [-0.1, -0.05) is 12.0 Å². The molecular weight excluding hydrogens is 311 g/mol. The number of nitrogens with zero attached hydrogens (tertiary/aromatic N) is 2. The van der Waals surface area contributed by atoms with E-state index in [4.69, 9.17) is 6.42 Å². The van der Waals surface area contributed by atoms with Gasteiger partial charge in [-0.15, -0.1) is 6.42 Å². The Kier molecular flexibility index (Phi) is 4.40. The average molecular weight is 323 g/mol. The third-order valence-electron chi connectivity index (χ3n) is 3.18. The molecule has 120 valence electrons. The molecule has 1 N–H and O–H groups in total. The molecule has 1 aromatic rings. The molecule has 0 radical (unpaired) electrons. The fourth-order valence-electron chi connectivity index (χ4n) is 2.11. The number of nitrogens with one attached hydrogen (secondary N) is 1. The first kappa shape index (κ1) is 16.5. The lowest BCUT2D eigenvalue weighted by molar-refractivity contribution is -0.137. The number of rotatable bonds is 3. The molecule has 0 aliphatic carbocycles. The van der Waals surface area contributed by atoms with Crippen molar-refractivity contribution in [3.05, 3.63) is 29.8 Å². The van der Waals surface area contributed by atoms with Gasteiger partial charge in [-0.3, -0.25) is 9.59 Å². The summed E-state index contributed by atoms with van der Waals surface area (Å²) in [6, 6.07) is 4.17. The number of hydrogen-bond donors (Lipinski definition) is 1. The molecule has 1 aliphatic rings. The highest BCUT2D eigenvalue weighted by Crippen LogP contribution is 2.33. The van der Waals surface area contributed by atoms with Gasteiger partial charge in [-0.2, -0.15) is 23.3 Å². The van der Waals surface area contributed by atoms with Crippen molar-refractivity contribution >= 4 is 23.2 Å². The molecule has 2 amide bonds. The van der Waals surface area contributed by atoms with E-state index in [2.05, 4.69) is 16.3 Å². The first-order chi connectivity index (χ1) is 10.8. The molecule has 23 heavy (non-hydrogen) atoms. The predicted octanol–water partition coefficient (Wildman–Crippen LogP) is 1.79. The van der Waals surface area contributed by atoms with E-state index in [1.807, 2.05) is 0 Å². The smallest absolute Gasteiger partial charge is 0.344 e. The van der Waals surface area contributed by atoms with E-state index < -0.39 is 29.5 Å². The van der Waals surface area contributed by atoms with Gasteiger partial charge in [0, 0.05) is 0 Å². The van der Waals surface area contributed by atoms with Crippen LogP contribution in [0.1, 0.15) is 12.5 Å². The average Bonchev–Trinajstić information content (AvgIpc) is 2.79. The summed E-state index contributed by atoms with van der Waals surface area (Å²) in [5.41, 5.74) is -0.783. The zero-order valence-corrected chi connectivity index (χ0v) is 12.0. The summed E-state index contributed by atoms with van der Waals surface area (Å²) in [5, 5.41) is 7.05. The van der Waals surface area contributed by atoms with Gasteiger partial charge in [0.25, 0.3) is 5.91 Å². The van der Waals surface area contributed by atoms with E-state index in [9.17, 15) is 22.8 Å². The summed E-state index contributed by atoms with van der Waals surface area (Å²) in [5.74, 6) is -0.360. The molecule has 1 heterocycles. The van der Waals surface area contributed by atoms with Crippen LogP contribution in [0.3, 0.4) is 0 Å². The first-order valence-electron chi connectivity index (χ1n) is 6.53. The molecule has 0 fully saturated rings. The summed E-state index contributed by atoms with van der Waals surface area (Å²) < 4.78 is 38.3. The van der Waals surface area contributed by atoms with Crippen LogP contribution in [-0.2, 0) is 15.8 Å². The molecule has 0 saturated carbocycles. The van der Waals surface area contributed by atoms with Gasteiger partial charge in [0.1, 0.15) is 0 Å². The van der Waals surface area contributed by atoms with Crippen molar-refractivity contribution in [2.45, 2.75) is 13.1 Å². The van der Waals surface area contributed by atoms with Crippen LogP contribution in [0.5, 0.6) is 0 Å². The number of benzene rings is 1. The van der Waals surface area contributed by atoms with Crippen LogP contribution < -0.4 is 10.3 Å². The van der Waals surface area contributed by atoms with Gasteiger partial charge in [-0.05, 0) is 25.1 Å². The molecule has 0 spiro atoms. The van der Waals surface area contributed by atoms with Crippen molar-refractivity contribution in [3.8, 4) is 12.3 Å². The lowest BCUT2D eigenvalue weighted by atomic mass is 10.0. The summed E-state index contributed by atoms with van der Waals surface area (Å²) in [6.45, 7) is 1.39. The number of halogens is 3. The second-order valence-corrected chi connectivity index (χ2v) is 4.79. The van der Waals surface area contributed by atoms with E-state index in [0.29, 0.717) is 0 Å². The predicted molar refractivity (Wildman–Crippen MR) is 77.4 cm³/mol. The molecule has 1 aliphatic heterocycles. The maximum absolute atomic E-state index is 12.8. The van der Waals surface area contributed by atoms with Crippen molar-refractivity contribution < 1.29 is 22.8 Å². The SMILES string of the molecule is C#CCNC(=O)C1C(=O)N(c2cccc(C(F)(F)F)c2)N=C1C. The number of alkyl halides is 3. The normalized spacial score (nSPS) is 17.7. The monoisotopic (exact) mass is 323 g/mol. The largest absolute Gasteiger partial charge is 0.416 e. The zero-order chi connectivity index (χ0) is 17.2. The third-order valence-corrected chi connectivity index (χ3v) is 3.18. The Labute approximate surface area is 130 Å². The number of carbonyl (C=O) groups is 2. The number of hydrogen-bond acceptors (Lipinski definition) is 3. The fourth-order valence-corrected chi connectivity index (χ4v) is 2.11. The van der Waals surface area contributed by atoms with Gasteiger partial charge >= 0.3 is 6.18 Å². The van der Waals surface area contributed by atoms with Crippen LogP contribution >= 0.6 is 0 Å². The van der Waals surface area contributed by atoms with Gasteiger partial charge in [-0.25, -0.2) is 0 Å². The van der Waals surface area contributed by atoms with Crippen molar-refractivity contribution in [1.29, 1.82) is 0 Å². The minimum Gasteiger partial charge on any atom is -0.344 e. The third kappa shape index (κ3) is 3.34. The van der Waals surface area contributed by atoms with Gasteiger partial charge in [0.2, 0.25) is 5.91 Å². The maximum Gasteiger partial charge on any atom is 0.416 e. The van der Waals surface area contributed by atoms with Gasteiger partial charge < -0.3 is 5.32 Å². The number of anilines is 1. The van der Waals surface area contributed by atoms with Crippen LogP contribution in [-0.4, -0.2) is 24.1 Å². The standard InChI is InChI=1S/C15H12F3N3O2/c1-3-7-19-13(22)12-9(2)20-21(14(12)23)11-6-4-5-10(8-11)15(16,17)18/h1,4-6,8,12H,7H2,2H3,(H,19,22). The molecule has 0 bridgehead atoms. The van der Waals surface area contributed by atoms with E-state index in [1.54, 1.807) is 0 Å². The summed E-state index contributed by atoms with van der Waals surface area (Å²) in [6.07, 6.45) is 0.483. The summed E-state index contributed by atoms with van der Waals surface area (Å²) >= 11 is 0. The summed E-state index contributed by atoms with van der Waals surface area (Å²) in [7, 11) is 0. The fraction of sp³-hybridized carbons (Fsp3) is 0.267. The van der Waals surface area contributed by atoms with Crippen molar-refractivity contribution in [2.24, 2.45) is 11.0 Å². The van der Waals surface area contributed by atoms with Crippen molar-refractivity contribution in [3.63, 3.8) is 0 Å². The van der Waals surface area contributed by atoms with Crippen LogP contribution in [0.4, 0.5) is 18.9 Å². The molecule has 1 unspecified atom stereocenters. The maximum atomic E-state index is 12.8. The Bertz CT molecular complexity index is 719. The van der Waals surface area contributed by atoms with Crippen molar-refractivity contribution in [1.82, 2.24) is 5.32 Å². The van der Waals surface area contributed by atoms with E-state index in [0.717, 1.165) is 17.1 Å². The van der Waals surface area contributed by atoms with Crippen LogP contribution in [0.2, 0.25) is 0 Å². The topological polar surface area (TPSA) is 61.8 Å². The highest BCUT2D eigenvalue weighted by Gasteiger charge is 2.40. The van der Waals surface area contributed by atoms with Gasteiger partial charge in [0.15, 0.2) is 5.92 Å². The molecule has 0 saturated heterocycles. The van der Waals surface area contributed by atoms with E-state index in [1.165, 1.54) is 19.1 Å². The Morgan fingerprint density at radius 1 is 1.48 bits per heavy atom. The summed E-state index contributed by atoms with van der Waals surface area (Å²) in [4.78, 5) is 24.2. The minimum atomic E-state index is -4.54. The molecule has 5 nitrogen and oxygen atoms in total. The minimum absolute atomic E-state index is 0.0561. The van der Waals surface area contributed by atoms with Crippen LogP contribution in [0, 0.1) is 18.3 Å². The zero-order valence-electron chi connectivity index (χ0n) is 12.0. The molecular formula is C15H12F3N3O2. The number of carbonyl (C=O) groups excluding carboxylic acids is 2. The Morgan fingerprint density at radius 2 is 2.17 bits per heavy atom. The molecule has 2 rings (SSSR count). The number of amides is 2. The van der Waals surface area contributed by atoms with Crippen LogP contribution in [0.15, 0.2) is 29.4 Å². The number of hydrazone groups is 1. The quantitative estimate of drug-likeness (QED) is 0.681. The second kappa shape index (κ2) is 6.12. The Balaban J connectivity index is 2.28. The highest BCUT2D eigenvalue weighted by molar-refractivity contribution is 6.26. The molecule has 1 aromatic carbocycles. The van der Waals surface area contributed by atoms with Crippen LogP contribution in [0.25, 0.3) is 0 Å². The van der Waals surface area contributed by atoms with E-state index in [-0.39, 0.29) is 17.9 Å². The number of terminal acetylenes is 1. The lowest BCUT2D eigenvalue weighted by Gasteiger charge is -2.15.